The van der Waals surface area contributed by atoms with Crippen LogP contribution in [0, 0.1) is 0 Å². The number of fused-ring (bicyclic) bond motifs is 8. The maximum Gasteiger partial charge on any atom is 0.282 e. The van der Waals surface area contributed by atoms with Gasteiger partial charge in [0.05, 0.1) is 13.1 Å². The van der Waals surface area contributed by atoms with Gasteiger partial charge >= 0.3 is 0 Å². The Labute approximate surface area is 250 Å². The highest BCUT2D eigenvalue weighted by Crippen LogP contribution is 2.48. The van der Waals surface area contributed by atoms with E-state index in [0.717, 1.165) is 48.4 Å². The number of benzene rings is 4. The summed E-state index contributed by atoms with van der Waals surface area (Å²) in [7, 11) is 0. The lowest BCUT2D eigenvalue weighted by molar-refractivity contribution is -0.670. The summed E-state index contributed by atoms with van der Waals surface area (Å²) in [5.74, 6) is 1.53. The Bertz CT molecular complexity index is 2260. The molecule has 0 aliphatic carbocycles. The highest BCUT2D eigenvalue weighted by molar-refractivity contribution is 6.09. The Morgan fingerprint density at radius 1 is 0.744 bits per heavy atom. The minimum atomic E-state index is 0.327. The average molecular weight is 567 g/mol. The molecule has 0 amide bonds. The second-order valence-corrected chi connectivity index (χ2v) is 11.4. The van der Waals surface area contributed by atoms with Gasteiger partial charge in [0.15, 0.2) is 11.0 Å². The van der Waals surface area contributed by atoms with Crippen molar-refractivity contribution in [1.29, 1.82) is 0 Å². The quantitative estimate of drug-likeness (QED) is 0.188. The third-order valence-electron chi connectivity index (χ3n) is 9.34. The van der Waals surface area contributed by atoms with Crippen molar-refractivity contribution >= 4 is 66.7 Å². The van der Waals surface area contributed by atoms with Gasteiger partial charge in [-0.3, -0.25) is 0 Å². The summed E-state index contributed by atoms with van der Waals surface area (Å²) < 4.78 is 17.4. The summed E-state index contributed by atoms with van der Waals surface area (Å²) in [5.41, 5.74) is 10.2. The fraction of sp³-hybridized carbons (Fsp3) is 0.237. The van der Waals surface area contributed by atoms with E-state index in [1.165, 1.54) is 55.4 Å². The molecule has 1 aliphatic rings. The van der Waals surface area contributed by atoms with Crippen LogP contribution in [0.2, 0.25) is 0 Å². The molecule has 0 fully saturated rings. The molecule has 1 unspecified atom stereocenters. The second-order valence-electron chi connectivity index (χ2n) is 11.4. The van der Waals surface area contributed by atoms with Gasteiger partial charge in [0.2, 0.25) is 0 Å². The van der Waals surface area contributed by atoms with Crippen LogP contribution in [0.4, 0.5) is 5.69 Å². The fourth-order valence-corrected chi connectivity index (χ4v) is 7.41. The first-order valence-electron chi connectivity index (χ1n) is 15.6. The van der Waals surface area contributed by atoms with E-state index < -0.39 is 0 Å². The number of nitrogens with zero attached hydrogens (tertiary/aromatic N) is 3. The molecule has 214 valence electrons. The zero-order chi connectivity index (χ0) is 29.2. The topological polar surface area (TPSA) is 38.3 Å². The molecule has 43 heavy (non-hydrogen) atoms. The van der Waals surface area contributed by atoms with Gasteiger partial charge in [0.25, 0.3) is 5.82 Å². The molecule has 1 atom stereocenters. The van der Waals surface area contributed by atoms with Crippen molar-refractivity contribution in [3.8, 4) is 0 Å². The van der Waals surface area contributed by atoms with Gasteiger partial charge in [0.1, 0.15) is 22.3 Å². The van der Waals surface area contributed by atoms with E-state index in [4.69, 9.17) is 8.83 Å². The Morgan fingerprint density at radius 2 is 1.42 bits per heavy atom. The van der Waals surface area contributed by atoms with E-state index in [9.17, 15) is 0 Å². The molecule has 0 N–H and O–H groups in total. The van der Waals surface area contributed by atoms with Crippen LogP contribution in [-0.2, 0) is 13.1 Å². The summed E-state index contributed by atoms with van der Waals surface area (Å²) in [6.45, 7) is 11.7. The minimum absolute atomic E-state index is 0.327. The smallest absolute Gasteiger partial charge is 0.282 e. The first-order chi connectivity index (χ1) is 21.1. The van der Waals surface area contributed by atoms with E-state index >= 15 is 0 Å². The van der Waals surface area contributed by atoms with Gasteiger partial charge in [-0.15, -0.1) is 0 Å². The number of likely N-dealkylation sites (N-methyl/N-ethyl adjacent to an activating group) is 1. The third-order valence-corrected chi connectivity index (χ3v) is 9.34. The Morgan fingerprint density at radius 3 is 2.07 bits per heavy atom. The van der Waals surface area contributed by atoms with Gasteiger partial charge in [-0.1, -0.05) is 49.4 Å². The number of allylic oxidation sites excluding steroid dienone is 3. The third kappa shape index (κ3) is 3.73. The molecule has 4 heterocycles. The van der Waals surface area contributed by atoms with Crippen molar-refractivity contribution in [2.24, 2.45) is 0 Å². The Balaban J connectivity index is 1.23. The molecule has 5 heteroatoms. The van der Waals surface area contributed by atoms with Crippen molar-refractivity contribution < 1.29 is 13.4 Å². The molecule has 8 rings (SSSR count). The second kappa shape index (κ2) is 9.91. The van der Waals surface area contributed by atoms with E-state index in [2.05, 4.69) is 115 Å². The van der Waals surface area contributed by atoms with E-state index in [1.54, 1.807) is 0 Å². The number of aromatic nitrogens is 2. The number of furan rings is 2. The summed E-state index contributed by atoms with van der Waals surface area (Å²) in [5, 5.41) is 4.70. The maximum absolute atomic E-state index is 6.28. The van der Waals surface area contributed by atoms with Crippen LogP contribution in [0.5, 0.6) is 0 Å². The van der Waals surface area contributed by atoms with Crippen LogP contribution in [-0.4, -0.2) is 11.1 Å². The molecule has 0 radical (unpaired) electrons. The molecular weight excluding hydrogens is 530 g/mol. The van der Waals surface area contributed by atoms with Gasteiger partial charge in [-0.25, -0.2) is 9.13 Å². The van der Waals surface area contributed by atoms with Crippen molar-refractivity contribution in [3.63, 3.8) is 0 Å². The largest absolute Gasteiger partial charge is 0.456 e. The number of aryl methyl sites for hydroxylation is 2. The fourth-order valence-electron chi connectivity index (χ4n) is 7.41. The Hall–Kier alpha value is -4.77. The molecule has 0 saturated heterocycles. The van der Waals surface area contributed by atoms with Crippen LogP contribution in [0.3, 0.4) is 0 Å². The summed E-state index contributed by atoms with van der Waals surface area (Å²) in [6, 6.07) is 25.8. The number of para-hydroxylation sites is 2. The van der Waals surface area contributed by atoms with E-state index in [0.29, 0.717) is 5.92 Å². The first kappa shape index (κ1) is 25.9. The SMILES string of the molecule is CCC1C(=CC=Cc2n(CC)c3cc4c(cc3[n+]2CC)oc2ccccc24)N(CC)c2cc3c(cc21)oc1ccccc13. The highest BCUT2D eigenvalue weighted by Gasteiger charge is 2.33. The number of hydrogen-bond acceptors (Lipinski definition) is 3. The number of imidazole rings is 1. The Kier molecular flexibility index (Phi) is 5.97. The monoisotopic (exact) mass is 566 g/mol. The lowest BCUT2D eigenvalue weighted by atomic mass is 9.95. The van der Waals surface area contributed by atoms with E-state index in [-0.39, 0.29) is 0 Å². The van der Waals surface area contributed by atoms with Crippen LogP contribution in [0.25, 0.3) is 61.0 Å². The van der Waals surface area contributed by atoms with Crippen molar-refractivity contribution in [2.45, 2.75) is 53.1 Å². The van der Waals surface area contributed by atoms with Gasteiger partial charge in [-0.2, -0.15) is 0 Å². The first-order valence-corrected chi connectivity index (χ1v) is 15.6. The summed E-state index contributed by atoms with van der Waals surface area (Å²) in [4.78, 5) is 2.48. The van der Waals surface area contributed by atoms with Gasteiger partial charge in [-0.05, 0) is 63.1 Å². The highest BCUT2D eigenvalue weighted by atomic mass is 16.3. The molecule has 4 aromatic carbocycles. The summed E-state index contributed by atoms with van der Waals surface area (Å²) >= 11 is 0. The van der Waals surface area contributed by atoms with Crippen LogP contribution in [0.1, 0.15) is 51.4 Å². The predicted octanol–water partition coefficient (Wildman–Crippen LogP) is 9.70. The van der Waals surface area contributed by atoms with Gasteiger partial charge < -0.3 is 13.7 Å². The molecule has 0 saturated carbocycles. The summed E-state index contributed by atoms with van der Waals surface area (Å²) in [6.07, 6.45) is 7.89. The zero-order valence-corrected chi connectivity index (χ0v) is 25.2. The number of hydrogen-bond donors (Lipinski definition) is 0. The predicted molar refractivity (Wildman–Crippen MR) is 178 cm³/mol. The number of anilines is 1. The van der Waals surface area contributed by atoms with E-state index in [1.807, 2.05) is 18.2 Å². The lowest BCUT2D eigenvalue weighted by Crippen LogP contribution is -2.35. The molecule has 0 spiro atoms. The lowest BCUT2D eigenvalue weighted by Gasteiger charge is -2.21. The molecule has 3 aromatic heterocycles. The van der Waals surface area contributed by atoms with Crippen LogP contribution < -0.4 is 9.47 Å². The molecule has 5 nitrogen and oxygen atoms in total. The molecule has 0 bridgehead atoms. The number of rotatable bonds is 6. The van der Waals surface area contributed by atoms with Crippen molar-refractivity contribution in [2.75, 3.05) is 11.4 Å². The molecule has 7 aromatic rings. The van der Waals surface area contributed by atoms with Crippen molar-refractivity contribution in [3.05, 3.63) is 102 Å². The van der Waals surface area contributed by atoms with Crippen LogP contribution in [0.15, 0.2) is 99.5 Å². The standard InChI is InChI=1S/C38H36N3O2/c1-5-24-27-22-36-28(25-14-9-11-17-34(25)42-36)20-31(27)39(6-2)30(24)16-13-19-38-40(7-3)32-21-29-26-15-10-12-18-35(26)43-37(29)23-33(32)41(38)8-4/h9-24H,5-8H2,1-4H3/q+1. The van der Waals surface area contributed by atoms with Crippen LogP contribution >= 0.6 is 0 Å². The van der Waals surface area contributed by atoms with Gasteiger partial charge in [0, 0.05) is 63.6 Å². The normalized spacial score (nSPS) is 16.4. The molecular formula is C38H36N3O2+. The average Bonchev–Trinajstić information content (AvgIpc) is 3.75. The minimum Gasteiger partial charge on any atom is -0.456 e. The van der Waals surface area contributed by atoms with Crippen molar-refractivity contribution in [1.82, 2.24) is 4.57 Å². The maximum atomic E-state index is 6.28. The zero-order valence-electron chi connectivity index (χ0n) is 25.2. The molecule has 1 aliphatic heterocycles.